The Balaban J connectivity index is 1.30. The number of nitrogens with zero attached hydrogens (tertiary/aromatic N) is 3. The van der Waals surface area contributed by atoms with Crippen LogP contribution in [0.3, 0.4) is 0 Å². The van der Waals surface area contributed by atoms with Crippen molar-refractivity contribution >= 4 is 40.7 Å². The predicted octanol–water partition coefficient (Wildman–Crippen LogP) is 3.64. The molecule has 0 aromatic heterocycles. The van der Waals surface area contributed by atoms with Crippen LogP contribution < -0.4 is 20.0 Å². The van der Waals surface area contributed by atoms with Crippen LogP contribution in [0.15, 0.2) is 78.9 Å². The molecule has 7 rings (SSSR count). The number of hydrogen-bond acceptors (Lipinski definition) is 5. The van der Waals surface area contributed by atoms with E-state index in [-0.39, 0.29) is 42.1 Å². The second-order valence-electron chi connectivity index (χ2n) is 11.9. The van der Waals surface area contributed by atoms with Gasteiger partial charge in [0.15, 0.2) is 0 Å². The van der Waals surface area contributed by atoms with Gasteiger partial charge in [0.25, 0.3) is 5.91 Å². The molecule has 2 fully saturated rings. The van der Waals surface area contributed by atoms with Gasteiger partial charge in [-0.25, -0.2) is 4.90 Å². The van der Waals surface area contributed by atoms with Gasteiger partial charge in [0.1, 0.15) is 12.1 Å². The molecule has 2 saturated heterocycles. The van der Waals surface area contributed by atoms with Crippen LogP contribution in [0, 0.1) is 17.8 Å². The first-order chi connectivity index (χ1) is 19.8. The van der Waals surface area contributed by atoms with Gasteiger partial charge in [-0.3, -0.25) is 24.5 Å². The molecule has 0 radical (unpaired) electrons. The Morgan fingerprint density at radius 2 is 1.59 bits per heavy atom. The Kier molecular flexibility index (Phi) is 5.87. The third kappa shape index (κ3) is 3.63. The van der Waals surface area contributed by atoms with Crippen molar-refractivity contribution in [3.05, 3.63) is 90.0 Å². The number of benzene rings is 3. The van der Waals surface area contributed by atoms with Crippen molar-refractivity contribution in [2.75, 3.05) is 27.8 Å². The van der Waals surface area contributed by atoms with Gasteiger partial charge in [-0.05, 0) is 48.6 Å². The maximum atomic E-state index is 14.7. The quantitative estimate of drug-likeness (QED) is 0.492. The predicted molar refractivity (Wildman–Crippen MR) is 155 cm³/mol. The van der Waals surface area contributed by atoms with Gasteiger partial charge < -0.3 is 9.80 Å². The van der Waals surface area contributed by atoms with Gasteiger partial charge in [-0.1, -0.05) is 68.4 Å². The normalized spacial score (nSPS) is 26.4. The van der Waals surface area contributed by atoms with Crippen molar-refractivity contribution in [2.45, 2.75) is 38.3 Å². The summed E-state index contributed by atoms with van der Waals surface area (Å²) in [4.78, 5) is 61.1. The lowest BCUT2D eigenvalue weighted by Gasteiger charge is -2.31. The standard InChI is InChI=1S/C33H32N4O4/c1-20(2)18-24-28-29(31(40)37(30(28)39)22-11-4-3-5-12-22)33(34-24)23-13-7-9-15-26(23)36(32(33)41)19-27(38)35-17-16-21-10-6-8-14-25(21)35/h3-15,20,24,28-29,34H,16-19H2,1-2H3/t24-,28-,29+,33-/m0/s1. The van der Waals surface area contributed by atoms with Crippen LogP contribution in [0.1, 0.15) is 31.4 Å². The van der Waals surface area contributed by atoms with E-state index in [4.69, 9.17) is 0 Å². The van der Waals surface area contributed by atoms with Crippen molar-refractivity contribution in [3.8, 4) is 0 Å². The number of nitrogens with one attached hydrogen (secondary N) is 1. The second-order valence-corrected chi connectivity index (χ2v) is 11.9. The SMILES string of the molecule is CC(C)C[C@@H]1N[C@]2(C(=O)N(CC(=O)N3CCc4ccccc43)c3ccccc32)[C@H]2C(=O)N(c3ccccc3)C(=O)[C@@H]12. The molecule has 208 valence electrons. The minimum Gasteiger partial charge on any atom is -0.310 e. The number of imide groups is 1. The zero-order valence-corrected chi connectivity index (χ0v) is 23.1. The highest BCUT2D eigenvalue weighted by Crippen LogP contribution is 2.55. The third-order valence-electron chi connectivity index (χ3n) is 9.09. The van der Waals surface area contributed by atoms with Gasteiger partial charge in [0.05, 0.1) is 17.5 Å². The first-order valence-corrected chi connectivity index (χ1v) is 14.3. The van der Waals surface area contributed by atoms with Gasteiger partial charge >= 0.3 is 0 Å². The van der Waals surface area contributed by atoms with Crippen LogP contribution >= 0.6 is 0 Å². The van der Waals surface area contributed by atoms with Crippen molar-refractivity contribution in [2.24, 2.45) is 17.8 Å². The first kappa shape index (κ1) is 25.7. The van der Waals surface area contributed by atoms with E-state index >= 15 is 0 Å². The van der Waals surface area contributed by atoms with Gasteiger partial charge in [-0.15, -0.1) is 0 Å². The Hall–Kier alpha value is -4.30. The molecule has 0 bridgehead atoms. The number of rotatable bonds is 5. The average Bonchev–Trinajstić information content (AvgIpc) is 3.68. The summed E-state index contributed by atoms with van der Waals surface area (Å²) >= 11 is 0. The van der Waals surface area contributed by atoms with E-state index in [0.717, 1.165) is 17.7 Å². The fourth-order valence-corrected chi connectivity index (χ4v) is 7.46. The Morgan fingerprint density at radius 1 is 0.902 bits per heavy atom. The lowest BCUT2D eigenvalue weighted by atomic mass is 9.76. The lowest BCUT2D eigenvalue weighted by Crippen LogP contribution is -2.56. The van der Waals surface area contributed by atoms with Crippen LogP contribution in [0.2, 0.25) is 0 Å². The van der Waals surface area contributed by atoms with E-state index in [1.165, 1.54) is 9.80 Å². The molecule has 41 heavy (non-hydrogen) atoms. The van der Waals surface area contributed by atoms with Crippen LogP contribution in [0.25, 0.3) is 0 Å². The molecule has 0 aliphatic carbocycles. The summed E-state index contributed by atoms with van der Waals surface area (Å²) in [5, 5.41) is 3.54. The first-order valence-electron chi connectivity index (χ1n) is 14.3. The zero-order chi connectivity index (χ0) is 28.5. The number of para-hydroxylation sites is 3. The summed E-state index contributed by atoms with van der Waals surface area (Å²) in [6.07, 6.45) is 1.40. The van der Waals surface area contributed by atoms with Crippen LogP contribution in [0.5, 0.6) is 0 Å². The molecule has 0 unspecified atom stereocenters. The van der Waals surface area contributed by atoms with E-state index in [9.17, 15) is 19.2 Å². The van der Waals surface area contributed by atoms with Crippen molar-refractivity contribution < 1.29 is 19.2 Å². The number of anilines is 3. The van der Waals surface area contributed by atoms with E-state index in [1.54, 1.807) is 29.2 Å². The summed E-state index contributed by atoms with van der Waals surface area (Å²) in [5.41, 5.74) is 2.32. The molecule has 8 heteroatoms. The van der Waals surface area contributed by atoms with E-state index in [0.29, 0.717) is 29.9 Å². The molecular weight excluding hydrogens is 516 g/mol. The highest BCUT2D eigenvalue weighted by Gasteiger charge is 2.71. The summed E-state index contributed by atoms with van der Waals surface area (Å²) in [7, 11) is 0. The van der Waals surface area contributed by atoms with Gasteiger partial charge in [0, 0.05) is 29.5 Å². The number of amides is 4. The fraction of sp³-hybridized carbons (Fsp3) is 0.333. The van der Waals surface area contributed by atoms with Crippen molar-refractivity contribution in [1.82, 2.24) is 5.32 Å². The monoisotopic (exact) mass is 548 g/mol. The van der Waals surface area contributed by atoms with Gasteiger partial charge in [-0.2, -0.15) is 0 Å². The summed E-state index contributed by atoms with van der Waals surface area (Å²) in [6, 6.07) is 23.7. The molecule has 4 heterocycles. The van der Waals surface area contributed by atoms with Crippen molar-refractivity contribution in [1.29, 1.82) is 0 Å². The number of carbonyl (C=O) groups is 4. The smallest absolute Gasteiger partial charge is 0.253 e. The fourth-order valence-electron chi connectivity index (χ4n) is 7.46. The molecule has 1 spiro atoms. The largest absolute Gasteiger partial charge is 0.310 e. The minimum absolute atomic E-state index is 0.148. The highest BCUT2D eigenvalue weighted by atomic mass is 16.2. The van der Waals surface area contributed by atoms with E-state index < -0.39 is 17.4 Å². The molecule has 3 aromatic carbocycles. The Bertz CT molecular complexity index is 1590. The summed E-state index contributed by atoms with van der Waals surface area (Å²) in [5.74, 6) is -2.57. The van der Waals surface area contributed by atoms with Gasteiger partial charge in [0.2, 0.25) is 17.7 Å². The topological polar surface area (TPSA) is 90.0 Å². The highest BCUT2D eigenvalue weighted by molar-refractivity contribution is 6.26. The third-order valence-corrected chi connectivity index (χ3v) is 9.09. The molecule has 4 aliphatic rings. The van der Waals surface area contributed by atoms with Crippen molar-refractivity contribution in [3.63, 3.8) is 0 Å². The molecule has 3 aromatic rings. The van der Waals surface area contributed by atoms with Crippen LogP contribution in [0.4, 0.5) is 17.1 Å². The number of hydrogen-bond donors (Lipinski definition) is 1. The van der Waals surface area contributed by atoms with E-state index in [2.05, 4.69) is 19.2 Å². The zero-order valence-electron chi connectivity index (χ0n) is 23.1. The molecule has 4 aliphatic heterocycles. The molecular formula is C33H32N4O4. The van der Waals surface area contributed by atoms with Crippen LogP contribution in [-0.2, 0) is 31.1 Å². The maximum absolute atomic E-state index is 14.7. The number of fused-ring (bicyclic) bond motifs is 5. The summed E-state index contributed by atoms with van der Waals surface area (Å²) in [6.45, 7) is 4.55. The molecule has 4 amide bonds. The Labute approximate surface area is 238 Å². The average molecular weight is 549 g/mol. The lowest BCUT2D eigenvalue weighted by molar-refractivity contribution is -0.132. The summed E-state index contributed by atoms with van der Waals surface area (Å²) < 4.78 is 0. The maximum Gasteiger partial charge on any atom is 0.253 e. The van der Waals surface area contributed by atoms with Crippen LogP contribution in [-0.4, -0.2) is 42.8 Å². The second kappa shape index (κ2) is 9.38. The van der Waals surface area contributed by atoms with E-state index in [1.807, 2.05) is 54.6 Å². The molecule has 4 atom stereocenters. The molecule has 8 nitrogen and oxygen atoms in total. The Morgan fingerprint density at radius 3 is 2.34 bits per heavy atom. The minimum atomic E-state index is -1.43. The molecule has 0 saturated carbocycles. The molecule has 1 N–H and O–H groups in total. The number of carbonyl (C=O) groups excluding carboxylic acids is 4.